The molecule has 2 aliphatic rings. The maximum atomic E-state index is 11.2. The third-order valence-electron chi connectivity index (χ3n) is 2.56. The van der Waals surface area contributed by atoms with E-state index in [-0.39, 0.29) is 5.92 Å². The van der Waals surface area contributed by atoms with Crippen LogP contribution in [0.15, 0.2) is 12.2 Å². The monoisotopic (exact) mass is 151 g/mol. The zero-order valence-electron chi connectivity index (χ0n) is 6.79. The molecule has 2 heteroatoms. The van der Waals surface area contributed by atoms with Crippen molar-refractivity contribution in [1.82, 2.24) is 4.90 Å². The number of carbonyl (C=O) groups excluding carboxylic acids is 1. The second-order valence-corrected chi connectivity index (χ2v) is 3.29. The van der Waals surface area contributed by atoms with Gasteiger partial charge in [0.2, 0.25) is 5.91 Å². The fraction of sp³-hybridized carbons (Fsp3) is 0.667. The van der Waals surface area contributed by atoms with Crippen LogP contribution in [0.5, 0.6) is 0 Å². The largest absolute Gasteiger partial charge is 0.335 e. The molecule has 0 aromatic heterocycles. The van der Waals surface area contributed by atoms with Crippen molar-refractivity contribution in [2.75, 3.05) is 6.54 Å². The molecule has 1 heterocycles. The molecule has 2 nitrogen and oxygen atoms in total. The van der Waals surface area contributed by atoms with Crippen LogP contribution in [0.2, 0.25) is 0 Å². The standard InChI is InChI=1S/C9H13NO/c1-2-3-6-10-8-5-4-7(8)9(10)11/h4-5,7-8H,2-3,6H2,1H3/t7-,8-/m0/s1. The lowest BCUT2D eigenvalue weighted by molar-refractivity contribution is -0.151. The molecule has 0 N–H and O–H groups in total. The summed E-state index contributed by atoms with van der Waals surface area (Å²) in [6.45, 7) is 3.11. The van der Waals surface area contributed by atoms with Crippen molar-refractivity contribution in [3.8, 4) is 0 Å². The summed E-state index contributed by atoms with van der Waals surface area (Å²) in [4.78, 5) is 13.2. The Bertz CT molecular complexity index is 210. The van der Waals surface area contributed by atoms with Crippen LogP contribution in [0.4, 0.5) is 0 Å². The van der Waals surface area contributed by atoms with E-state index in [4.69, 9.17) is 0 Å². The number of unbranched alkanes of at least 4 members (excludes halogenated alkanes) is 1. The summed E-state index contributed by atoms with van der Waals surface area (Å²) in [5.74, 6) is 0.609. The minimum absolute atomic E-state index is 0.270. The van der Waals surface area contributed by atoms with Gasteiger partial charge in [-0.1, -0.05) is 25.5 Å². The van der Waals surface area contributed by atoms with E-state index >= 15 is 0 Å². The van der Waals surface area contributed by atoms with Gasteiger partial charge in [0.05, 0.1) is 12.0 Å². The van der Waals surface area contributed by atoms with Gasteiger partial charge in [-0.25, -0.2) is 0 Å². The van der Waals surface area contributed by atoms with Crippen molar-refractivity contribution in [1.29, 1.82) is 0 Å². The predicted molar refractivity (Wildman–Crippen MR) is 43.0 cm³/mol. The van der Waals surface area contributed by atoms with E-state index in [2.05, 4.69) is 13.0 Å². The van der Waals surface area contributed by atoms with Crippen molar-refractivity contribution in [2.45, 2.75) is 25.8 Å². The van der Waals surface area contributed by atoms with Crippen LogP contribution < -0.4 is 0 Å². The number of fused-ring (bicyclic) bond motifs is 1. The van der Waals surface area contributed by atoms with Gasteiger partial charge in [-0.05, 0) is 6.42 Å². The molecule has 2 rings (SSSR count). The van der Waals surface area contributed by atoms with Crippen LogP contribution >= 0.6 is 0 Å². The number of nitrogens with zero attached hydrogens (tertiary/aromatic N) is 1. The normalized spacial score (nSPS) is 32.8. The summed E-state index contributed by atoms with van der Waals surface area (Å²) in [6.07, 6.45) is 6.45. The van der Waals surface area contributed by atoms with Gasteiger partial charge >= 0.3 is 0 Å². The molecule has 2 atom stereocenters. The lowest BCUT2D eigenvalue weighted by atomic mass is 9.78. The van der Waals surface area contributed by atoms with Crippen LogP contribution in [-0.4, -0.2) is 23.4 Å². The lowest BCUT2D eigenvalue weighted by Gasteiger charge is -2.49. The van der Waals surface area contributed by atoms with Crippen LogP contribution in [-0.2, 0) is 4.79 Å². The molecule has 1 fully saturated rings. The van der Waals surface area contributed by atoms with Crippen LogP contribution in [0, 0.1) is 5.92 Å². The molecule has 1 amide bonds. The Morgan fingerprint density at radius 2 is 2.36 bits per heavy atom. The summed E-state index contributed by atoms with van der Waals surface area (Å²) >= 11 is 0. The number of carbonyl (C=O) groups is 1. The first kappa shape index (κ1) is 6.89. The Balaban J connectivity index is 1.87. The predicted octanol–water partition coefficient (Wildman–Crippen LogP) is 1.18. The first-order valence-corrected chi connectivity index (χ1v) is 4.33. The van der Waals surface area contributed by atoms with Crippen molar-refractivity contribution < 1.29 is 4.79 Å². The highest BCUT2D eigenvalue weighted by molar-refractivity contribution is 5.90. The van der Waals surface area contributed by atoms with E-state index in [1.165, 1.54) is 6.42 Å². The number of hydrogen-bond donors (Lipinski definition) is 0. The van der Waals surface area contributed by atoms with Gasteiger partial charge in [-0.15, -0.1) is 0 Å². The Morgan fingerprint density at radius 3 is 2.82 bits per heavy atom. The van der Waals surface area contributed by atoms with Gasteiger partial charge in [-0.2, -0.15) is 0 Å². The van der Waals surface area contributed by atoms with Crippen molar-refractivity contribution >= 4 is 5.91 Å². The molecule has 0 radical (unpaired) electrons. The average molecular weight is 151 g/mol. The second kappa shape index (κ2) is 2.36. The van der Waals surface area contributed by atoms with E-state index in [9.17, 15) is 4.79 Å². The molecule has 0 spiro atoms. The summed E-state index contributed by atoms with van der Waals surface area (Å²) in [5.41, 5.74) is 0. The van der Waals surface area contributed by atoms with Crippen molar-refractivity contribution in [2.24, 2.45) is 5.92 Å². The highest BCUT2D eigenvalue weighted by Gasteiger charge is 2.48. The maximum absolute atomic E-state index is 11.2. The number of hydrogen-bond acceptors (Lipinski definition) is 1. The molecule has 0 unspecified atom stereocenters. The lowest BCUT2D eigenvalue weighted by Crippen LogP contribution is -2.63. The Hall–Kier alpha value is -0.790. The van der Waals surface area contributed by atoms with Crippen molar-refractivity contribution in [3.05, 3.63) is 12.2 Å². The van der Waals surface area contributed by atoms with Gasteiger partial charge < -0.3 is 4.90 Å². The van der Waals surface area contributed by atoms with Crippen LogP contribution in [0.1, 0.15) is 19.8 Å². The summed E-state index contributed by atoms with van der Waals surface area (Å²) in [7, 11) is 0. The van der Waals surface area contributed by atoms with Gasteiger partial charge in [0.1, 0.15) is 0 Å². The van der Waals surface area contributed by atoms with E-state index in [0.29, 0.717) is 11.9 Å². The smallest absolute Gasteiger partial charge is 0.232 e. The third kappa shape index (κ3) is 0.817. The topological polar surface area (TPSA) is 20.3 Å². The molecule has 1 saturated heterocycles. The zero-order chi connectivity index (χ0) is 7.84. The van der Waals surface area contributed by atoms with Crippen LogP contribution in [0.25, 0.3) is 0 Å². The third-order valence-corrected chi connectivity index (χ3v) is 2.56. The minimum atomic E-state index is 0.270. The zero-order valence-corrected chi connectivity index (χ0v) is 6.79. The molecule has 0 aromatic rings. The second-order valence-electron chi connectivity index (χ2n) is 3.29. The van der Waals surface area contributed by atoms with E-state index in [1.807, 2.05) is 11.0 Å². The molecule has 0 saturated carbocycles. The Morgan fingerprint density at radius 1 is 1.55 bits per heavy atom. The fourth-order valence-electron chi connectivity index (χ4n) is 1.69. The Kier molecular flexibility index (Phi) is 1.48. The number of rotatable bonds is 3. The molecule has 60 valence electrons. The molecule has 0 bridgehead atoms. The Labute approximate surface area is 66.9 Å². The number of amides is 1. The van der Waals surface area contributed by atoms with Gasteiger partial charge in [0.25, 0.3) is 0 Å². The first-order valence-electron chi connectivity index (χ1n) is 4.33. The number of β-lactam (4-membered cyclic amide) rings is 1. The SMILES string of the molecule is CCCCN1C(=O)[C@H]2C=C[C@@H]21. The highest BCUT2D eigenvalue weighted by Crippen LogP contribution is 2.35. The fourth-order valence-corrected chi connectivity index (χ4v) is 1.69. The van der Waals surface area contributed by atoms with E-state index in [1.54, 1.807) is 0 Å². The molecule has 1 aliphatic carbocycles. The average Bonchev–Trinajstić information content (AvgIpc) is 1.95. The van der Waals surface area contributed by atoms with Gasteiger partial charge in [-0.3, -0.25) is 4.79 Å². The minimum Gasteiger partial charge on any atom is -0.335 e. The summed E-state index contributed by atoms with van der Waals surface area (Å²) in [6, 6.07) is 0.481. The summed E-state index contributed by atoms with van der Waals surface area (Å²) in [5, 5.41) is 0. The summed E-state index contributed by atoms with van der Waals surface area (Å²) < 4.78 is 0. The van der Waals surface area contributed by atoms with Crippen LogP contribution in [0.3, 0.4) is 0 Å². The molecule has 1 aliphatic heterocycles. The molecule has 11 heavy (non-hydrogen) atoms. The highest BCUT2D eigenvalue weighted by atomic mass is 16.2. The van der Waals surface area contributed by atoms with Gasteiger partial charge in [0, 0.05) is 6.54 Å². The van der Waals surface area contributed by atoms with E-state index in [0.717, 1.165) is 13.0 Å². The molecular weight excluding hydrogens is 138 g/mol. The van der Waals surface area contributed by atoms with Crippen molar-refractivity contribution in [3.63, 3.8) is 0 Å². The molecule has 0 aromatic carbocycles. The number of likely N-dealkylation sites (tertiary alicyclic amines) is 1. The van der Waals surface area contributed by atoms with E-state index < -0.39 is 0 Å². The molecular formula is C9H13NO. The maximum Gasteiger partial charge on any atom is 0.232 e. The first-order chi connectivity index (χ1) is 5.34. The van der Waals surface area contributed by atoms with Gasteiger partial charge in [0.15, 0.2) is 0 Å². The quantitative estimate of drug-likeness (QED) is 0.438.